The Morgan fingerprint density at radius 2 is 1.71 bits per heavy atom. The van der Waals surface area contributed by atoms with E-state index < -0.39 is 16.1 Å². The minimum absolute atomic E-state index is 0.142. The Bertz CT molecular complexity index is 616. The number of hydrogen-bond acceptors (Lipinski definition) is 5. The van der Waals surface area contributed by atoms with Crippen LogP contribution in [-0.4, -0.2) is 56.0 Å². The minimum atomic E-state index is -0.677. The largest absolute Gasteiger partial charge is 0.632 e. The number of rotatable bonds is 3. The topological polar surface area (TPSA) is 67.8 Å². The maximum atomic E-state index is 13.4. The van der Waals surface area contributed by atoms with E-state index in [0.29, 0.717) is 56.6 Å². The number of carbonyl (C=O) groups excluding carboxylic acids is 1. The van der Waals surface area contributed by atoms with E-state index in [1.807, 2.05) is 20.8 Å². The van der Waals surface area contributed by atoms with Crippen molar-refractivity contribution in [2.45, 2.75) is 26.8 Å². The van der Waals surface area contributed by atoms with Gasteiger partial charge >= 0.3 is 0 Å². The Morgan fingerprint density at radius 3 is 2.33 bits per heavy atom. The average Bonchev–Trinajstić information content (AvgIpc) is 2.53. The molecule has 2 heterocycles. The fourth-order valence-electron chi connectivity index (χ4n) is 3.58. The summed E-state index contributed by atoms with van der Waals surface area (Å²) in [5, 5.41) is 13.4. The molecular weight excluding hydrogens is 310 g/mol. The highest BCUT2D eigenvalue weighted by Gasteiger charge is 2.45. The first-order valence-electron chi connectivity index (χ1n) is 8.41. The van der Waals surface area contributed by atoms with Crippen LogP contribution in [0.2, 0.25) is 0 Å². The van der Waals surface area contributed by atoms with E-state index in [-0.39, 0.29) is 5.78 Å². The standard InChI is InChI=1S/C18H25NO5/c1-18(2,3)17(19(21)6-8-22-9-7-19)16(20)13-4-5-14-15(12-13)24-11-10-23-14/h4-5,12,17H,6-11H2,1-3H3. The summed E-state index contributed by atoms with van der Waals surface area (Å²) in [7, 11) is 0. The summed E-state index contributed by atoms with van der Waals surface area (Å²) in [5.74, 6) is 1.07. The molecule has 3 rings (SSSR count). The van der Waals surface area contributed by atoms with E-state index in [9.17, 15) is 10.0 Å². The third-order valence-electron chi connectivity index (χ3n) is 4.59. The van der Waals surface area contributed by atoms with Crippen LogP contribution >= 0.6 is 0 Å². The van der Waals surface area contributed by atoms with Gasteiger partial charge in [0.05, 0.1) is 13.2 Å². The molecular formula is C18H25NO5. The first kappa shape index (κ1) is 17.2. The maximum Gasteiger partial charge on any atom is 0.220 e. The minimum Gasteiger partial charge on any atom is -0.632 e. The first-order valence-corrected chi connectivity index (χ1v) is 8.41. The van der Waals surface area contributed by atoms with Crippen LogP contribution in [0.3, 0.4) is 0 Å². The molecule has 1 aromatic rings. The molecule has 0 spiro atoms. The molecule has 24 heavy (non-hydrogen) atoms. The SMILES string of the molecule is CC(C)(C)C(C(=O)c1ccc2c(c1)OCCO2)[N+]1([O-])CCOCC1. The van der Waals surface area contributed by atoms with Crippen LogP contribution in [0.25, 0.3) is 0 Å². The van der Waals surface area contributed by atoms with Gasteiger partial charge in [-0.15, -0.1) is 0 Å². The molecule has 2 aliphatic heterocycles. The molecule has 1 fully saturated rings. The van der Waals surface area contributed by atoms with Crippen LogP contribution < -0.4 is 9.47 Å². The normalized spacial score (nSPS) is 21.2. The quantitative estimate of drug-likeness (QED) is 0.482. The third kappa shape index (κ3) is 3.27. The Morgan fingerprint density at radius 1 is 1.08 bits per heavy atom. The van der Waals surface area contributed by atoms with Crippen molar-refractivity contribution in [3.05, 3.63) is 29.0 Å². The number of ether oxygens (including phenoxy) is 3. The van der Waals surface area contributed by atoms with Gasteiger partial charge in [-0.3, -0.25) is 4.79 Å². The molecule has 0 saturated carbocycles. The molecule has 0 radical (unpaired) electrons. The lowest BCUT2D eigenvalue weighted by Crippen LogP contribution is -2.63. The van der Waals surface area contributed by atoms with Gasteiger partial charge in [-0.05, 0) is 18.2 Å². The molecule has 1 aromatic carbocycles. The summed E-state index contributed by atoms with van der Waals surface area (Å²) >= 11 is 0. The Balaban J connectivity index is 1.94. The molecule has 0 aromatic heterocycles. The highest BCUT2D eigenvalue weighted by Crippen LogP contribution is 2.36. The summed E-state index contributed by atoms with van der Waals surface area (Å²) in [6.07, 6.45) is 0. The van der Waals surface area contributed by atoms with E-state index in [2.05, 4.69) is 0 Å². The zero-order valence-electron chi connectivity index (χ0n) is 14.5. The molecule has 6 heteroatoms. The van der Waals surface area contributed by atoms with Crippen LogP contribution in [0, 0.1) is 10.6 Å². The van der Waals surface area contributed by atoms with Gasteiger partial charge in [0.1, 0.15) is 26.3 Å². The van der Waals surface area contributed by atoms with Gasteiger partial charge in [-0.1, -0.05) is 20.8 Å². The molecule has 0 bridgehead atoms. The van der Waals surface area contributed by atoms with Gasteiger partial charge in [0.25, 0.3) is 0 Å². The Kier molecular flexibility index (Phi) is 4.55. The number of morpholine rings is 1. The van der Waals surface area contributed by atoms with Gasteiger partial charge < -0.3 is 24.1 Å². The Labute approximate surface area is 142 Å². The van der Waals surface area contributed by atoms with Crippen molar-refractivity contribution in [1.29, 1.82) is 0 Å². The van der Waals surface area contributed by atoms with Gasteiger partial charge in [0.2, 0.25) is 5.78 Å². The number of quaternary nitrogens is 1. The lowest BCUT2D eigenvalue weighted by Gasteiger charge is -2.53. The summed E-state index contributed by atoms with van der Waals surface area (Å²) in [4.78, 5) is 13.2. The fourth-order valence-corrected chi connectivity index (χ4v) is 3.58. The number of carbonyl (C=O) groups is 1. The zero-order chi connectivity index (χ0) is 17.4. The van der Waals surface area contributed by atoms with Crippen LogP contribution in [0.15, 0.2) is 18.2 Å². The molecule has 0 N–H and O–H groups in total. The summed E-state index contributed by atoms with van der Waals surface area (Å²) in [6.45, 7) is 8.20. The van der Waals surface area contributed by atoms with Crippen molar-refractivity contribution in [3.63, 3.8) is 0 Å². The predicted octanol–water partition coefficient (Wildman–Crippen LogP) is 2.40. The molecule has 6 nitrogen and oxygen atoms in total. The van der Waals surface area contributed by atoms with Crippen molar-refractivity contribution >= 4 is 5.78 Å². The second-order valence-electron chi connectivity index (χ2n) is 7.50. The third-order valence-corrected chi connectivity index (χ3v) is 4.59. The van der Waals surface area contributed by atoms with E-state index in [4.69, 9.17) is 14.2 Å². The number of nitrogens with zero attached hydrogens (tertiary/aromatic N) is 1. The number of benzene rings is 1. The molecule has 132 valence electrons. The monoisotopic (exact) mass is 335 g/mol. The van der Waals surface area contributed by atoms with E-state index >= 15 is 0 Å². The van der Waals surface area contributed by atoms with Gasteiger partial charge in [-0.25, -0.2) is 0 Å². The second-order valence-corrected chi connectivity index (χ2v) is 7.50. The molecule has 1 unspecified atom stereocenters. The van der Waals surface area contributed by atoms with E-state index in [1.54, 1.807) is 18.2 Å². The second kappa shape index (κ2) is 6.35. The van der Waals surface area contributed by atoms with Crippen molar-refractivity contribution in [1.82, 2.24) is 0 Å². The van der Waals surface area contributed by atoms with E-state index in [1.165, 1.54) is 0 Å². The highest BCUT2D eigenvalue weighted by atomic mass is 16.6. The lowest BCUT2D eigenvalue weighted by atomic mass is 9.80. The smallest absolute Gasteiger partial charge is 0.220 e. The van der Waals surface area contributed by atoms with Crippen molar-refractivity contribution < 1.29 is 23.7 Å². The number of fused-ring (bicyclic) bond motifs is 1. The average molecular weight is 335 g/mol. The zero-order valence-corrected chi connectivity index (χ0v) is 14.5. The molecule has 2 aliphatic rings. The fraction of sp³-hybridized carbons (Fsp3) is 0.611. The number of hydroxylamine groups is 3. The van der Waals surface area contributed by atoms with Crippen molar-refractivity contribution in [2.24, 2.45) is 5.41 Å². The predicted molar refractivity (Wildman–Crippen MR) is 89.2 cm³/mol. The summed E-state index contributed by atoms with van der Waals surface area (Å²) < 4.78 is 15.9. The van der Waals surface area contributed by atoms with Crippen molar-refractivity contribution in [3.8, 4) is 11.5 Å². The number of hydrogen-bond donors (Lipinski definition) is 0. The van der Waals surface area contributed by atoms with Crippen molar-refractivity contribution in [2.75, 3.05) is 39.5 Å². The Hall–Kier alpha value is -1.63. The summed E-state index contributed by atoms with van der Waals surface area (Å²) in [5.41, 5.74) is 0.0442. The van der Waals surface area contributed by atoms with Crippen LogP contribution in [0.5, 0.6) is 11.5 Å². The van der Waals surface area contributed by atoms with Gasteiger partial charge in [0.15, 0.2) is 17.5 Å². The molecule has 0 aliphatic carbocycles. The number of Topliss-reactive ketones (excluding diaryl/α,β-unsaturated/α-hetero) is 1. The summed E-state index contributed by atoms with van der Waals surface area (Å²) in [6, 6.07) is 4.49. The van der Waals surface area contributed by atoms with E-state index in [0.717, 1.165) is 0 Å². The molecule has 1 saturated heterocycles. The first-order chi connectivity index (χ1) is 11.3. The maximum absolute atomic E-state index is 13.4. The molecule has 1 atom stereocenters. The van der Waals surface area contributed by atoms with Gasteiger partial charge in [-0.2, -0.15) is 0 Å². The highest BCUT2D eigenvalue weighted by molar-refractivity contribution is 6.00. The van der Waals surface area contributed by atoms with Gasteiger partial charge in [0, 0.05) is 11.0 Å². The number of ketones is 1. The lowest BCUT2D eigenvalue weighted by molar-refractivity contribution is -0.909. The van der Waals surface area contributed by atoms with Crippen LogP contribution in [-0.2, 0) is 4.74 Å². The van der Waals surface area contributed by atoms with Crippen LogP contribution in [0.4, 0.5) is 0 Å². The van der Waals surface area contributed by atoms with Crippen LogP contribution in [0.1, 0.15) is 31.1 Å². The molecule has 0 amide bonds.